The van der Waals surface area contributed by atoms with Gasteiger partial charge in [-0.1, -0.05) is 54.6 Å². The first-order valence-electron chi connectivity index (χ1n) is 11.0. The Bertz CT molecular complexity index is 1210. The van der Waals surface area contributed by atoms with Crippen LogP contribution in [0.3, 0.4) is 0 Å². The average molecular weight is 458 g/mol. The van der Waals surface area contributed by atoms with Gasteiger partial charge >= 0.3 is 12.0 Å². The summed E-state index contributed by atoms with van der Waals surface area (Å²) in [6, 6.07) is 23.2. The van der Waals surface area contributed by atoms with Crippen molar-refractivity contribution in [3.05, 3.63) is 107 Å². The van der Waals surface area contributed by atoms with Crippen LogP contribution in [0, 0.1) is 0 Å². The van der Waals surface area contributed by atoms with E-state index in [0.29, 0.717) is 35.4 Å². The molecule has 1 aliphatic rings. The molecular formula is C27H27N3O4. The Balaban J connectivity index is 1.65. The van der Waals surface area contributed by atoms with Crippen LogP contribution in [0.15, 0.2) is 90.1 Å². The van der Waals surface area contributed by atoms with Gasteiger partial charge in [-0.2, -0.15) is 0 Å². The van der Waals surface area contributed by atoms with E-state index < -0.39 is 12.0 Å². The Morgan fingerprint density at radius 3 is 2.47 bits per heavy atom. The van der Waals surface area contributed by atoms with Crippen LogP contribution >= 0.6 is 0 Å². The van der Waals surface area contributed by atoms with E-state index in [0.717, 1.165) is 16.9 Å². The van der Waals surface area contributed by atoms with Crippen molar-refractivity contribution in [1.29, 1.82) is 0 Å². The molecule has 4 rings (SSSR count). The van der Waals surface area contributed by atoms with Crippen LogP contribution in [0.4, 0.5) is 10.5 Å². The summed E-state index contributed by atoms with van der Waals surface area (Å²) < 4.78 is 11.0. The van der Waals surface area contributed by atoms with Crippen molar-refractivity contribution in [2.75, 3.05) is 12.8 Å². The lowest BCUT2D eigenvalue weighted by Crippen LogP contribution is -2.46. The number of esters is 1. The van der Waals surface area contributed by atoms with Crippen molar-refractivity contribution < 1.29 is 19.1 Å². The van der Waals surface area contributed by atoms with Gasteiger partial charge in [0.2, 0.25) is 0 Å². The van der Waals surface area contributed by atoms with E-state index in [4.69, 9.17) is 15.2 Å². The predicted molar refractivity (Wildman–Crippen MR) is 130 cm³/mol. The van der Waals surface area contributed by atoms with Gasteiger partial charge < -0.3 is 25.8 Å². The van der Waals surface area contributed by atoms with Gasteiger partial charge in [-0.15, -0.1) is 0 Å². The largest absolute Gasteiger partial charge is 0.497 e. The quantitative estimate of drug-likeness (QED) is 0.346. The number of benzene rings is 3. The number of urea groups is 1. The first kappa shape index (κ1) is 22.9. The zero-order valence-corrected chi connectivity index (χ0v) is 18.9. The molecule has 1 atom stereocenters. The number of allylic oxidation sites excluding steroid dienone is 1. The number of methoxy groups -OCH3 is 1. The van der Waals surface area contributed by atoms with Crippen LogP contribution in [-0.2, 0) is 22.6 Å². The second-order valence-electron chi connectivity index (χ2n) is 8.01. The van der Waals surface area contributed by atoms with Gasteiger partial charge in [0, 0.05) is 11.4 Å². The molecule has 174 valence electrons. The summed E-state index contributed by atoms with van der Waals surface area (Å²) >= 11 is 0. The molecule has 1 aliphatic heterocycles. The van der Waals surface area contributed by atoms with Gasteiger partial charge in [0.05, 0.1) is 18.7 Å². The number of rotatable bonds is 8. The fraction of sp³-hybridized carbons (Fsp3) is 0.185. The molecule has 0 bridgehead atoms. The summed E-state index contributed by atoms with van der Waals surface area (Å²) in [4.78, 5) is 25.9. The number of aryl methyl sites for hydroxylation is 1. The van der Waals surface area contributed by atoms with Gasteiger partial charge in [0.1, 0.15) is 12.4 Å². The summed E-state index contributed by atoms with van der Waals surface area (Å²) in [6.45, 7) is 0.129. The minimum absolute atomic E-state index is 0.129. The van der Waals surface area contributed by atoms with E-state index in [2.05, 4.69) is 10.6 Å². The molecule has 1 unspecified atom stereocenters. The standard InChI is InChI=1S/C27H27N3O4/c1-33-22-12-5-9-18(15-22)13-14-23-24(26(31)34-17-19-7-3-2-4-8-19)25(30-27(32)29-23)20-10-6-11-21(28)16-20/h2-12,15-16,25H,13-14,17,28H2,1H3,(H2,29,30,32). The number of nitrogen functional groups attached to an aromatic ring is 1. The van der Waals surface area contributed by atoms with E-state index >= 15 is 0 Å². The lowest BCUT2D eigenvalue weighted by molar-refractivity contribution is -0.140. The average Bonchev–Trinajstić information content (AvgIpc) is 2.86. The van der Waals surface area contributed by atoms with Crippen molar-refractivity contribution in [1.82, 2.24) is 10.6 Å². The molecule has 3 aromatic rings. The lowest BCUT2D eigenvalue weighted by atomic mass is 9.92. The smallest absolute Gasteiger partial charge is 0.338 e. The van der Waals surface area contributed by atoms with E-state index in [1.54, 1.807) is 25.3 Å². The van der Waals surface area contributed by atoms with Gasteiger partial charge in [-0.3, -0.25) is 0 Å². The number of carbonyl (C=O) groups is 2. The predicted octanol–water partition coefficient (Wildman–Crippen LogP) is 4.26. The number of ether oxygens (including phenoxy) is 2. The fourth-order valence-electron chi connectivity index (χ4n) is 3.94. The molecular weight excluding hydrogens is 430 g/mol. The van der Waals surface area contributed by atoms with E-state index in [9.17, 15) is 9.59 Å². The molecule has 2 amide bonds. The number of amides is 2. The van der Waals surface area contributed by atoms with E-state index in [-0.39, 0.29) is 12.6 Å². The summed E-state index contributed by atoms with van der Waals surface area (Å²) in [5.74, 6) is 0.255. The van der Waals surface area contributed by atoms with Gasteiger partial charge in [-0.25, -0.2) is 9.59 Å². The van der Waals surface area contributed by atoms with Crippen molar-refractivity contribution in [2.45, 2.75) is 25.5 Å². The van der Waals surface area contributed by atoms with E-state index in [1.807, 2.05) is 60.7 Å². The Hall–Kier alpha value is -4.26. The molecule has 1 heterocycles. The molecule has 7 nitrogen and oxygen atoms in total. The first-order chi connectivity index (χ1) is 16.5. The molecule has 0 fully saturated rings. The number of carbonyl (C=O) groups excluding carboxylic acids is 2. The van der Waals surface area contributed by atoms with Crippen molar-refractivity contribution in [2.24, 2.45) is 0 Å². The summed E-state index contributed by atoms with van der Waals surface area (Å²) in [5, 5.41) is 5.68. The second kappa shape index (κ2) is 10.6. The molecule has 7 heteroatoms. The highest BCUT2D eigenvalue weighted by molar-refractivity contribution is 5.95. The first-order valence-corrected chi connectivity index (χ1v) is 11.0. The molecule has 34 heavy (non-hydrogen) atoms. The maximum absolute atomic E-state index is 13.3. The summed E-state index contributed by atoms with van der Waals surface area (Å²) in [5.41, 5.74) is 10.0. The highest BCUT2D eigenvalue weighted by Gasteiger charge is 2.33. The van der Waals surface area contributed by atoms with Crippen LogP contribution in [0.25, 0.3) is 0 Å². The molecule has 0 spiro atoms. The molecule has 3 aromatic carbocycles. The SMILES string of the molecule is COc1cccc(CCC2=C(C(=O)OCc3ccccc3)C(c3cccc(N)c3)NC(=O)N2)c1. The minimum Gasteiger partial charge on any atom is -0.497 e. The van der Waals surface area contributed by atoms with Crippen molar-refractivity contribution >= 4 is 17.7 Å². The maximum Gasteiger partial charge on any atom is 0.338 e. The Morgan fingerprint density at radius 2 is 1.71 bits per heavy atom. The highest BCUT2D eigenvalue weighted by atomic mass is 16.5. The van der Waals surface area contributed by atoms with Gasteiger partial charge in [0.25, 0.3) is 0 Å². The van der Waals surface area contributed by atoms with Crippen LogP contribution in [0.2, 0.25) is 0 Å². The number of hydrogen-bond donors (Lipinski definition) is 3. The van der Waals surface area contributed by atoms with Crippen LogP contribution in [-0.4, -0.2) is 19.1 Å². The molecule has 0 saturated heterocycles. The number of nitrogens with one attached hydrogen (secondary N) is 2. The van der Waals surface area contributed by atoms with Crippen molar-refractivity contribution in [3.63, 3.8) is 0 Å². The Labute approximate surface area is 198 Å². The minimum atomic E-state index is -0.680. The zero-order valence-electron chi connectivity index (χ0n) is 18.9. The molecule has 4 N–H and O–H groups in total. The summed E-state index contributed by atoms with van der Waals surface area (Å²) in [7, 11) is 1.62. The second-order valence-corrected chi connectivity index (χ2v) is 8.01. The topological polar surface area (TPSA) is 103 Å². The zero-order chi connectivity index (χ0) is 23.9. The molecule has 0 radical (unpaired) electrons. The van der Waals surface area contributed by atoms with E-state index in [1.165, 1.54) is 0 Å². The molecule has 0 aliphatic carbocycles. The third kappa shape index (κ3) is 5.56. The molecule has 0 saturated carbocycles. The maximum atomic E-state index is 13.3. The van der Waals surface area contributed by atoms with Crippen LogP contribution in [0.1, 0.15) is 29.2 Å². The Kier molecular flexibility index (Phi) is 7.13. The lowest BCUT2D eigenvalue weighted by Gasteiger charge is -2.29. The monoisotopic (exact) mass is 457 g/mol. The van der Waals surface area contributed by atoms with Gasteiger partial charge in [0.15, 0.2) is 0 Å². The normalized spacial score (nSPS) is 15.3. The van der Waals surface area contributed by atoms with Crippen LogP contribution < -0.4 is 21.1 Å². The Morgan fingerprint density at radius 1 is 0.941 bits per heavy atom. The number of nitrogens with two attached hydrogens (primary N) is 1. The number of hydrogen-bond acceptors (Lipinski definition) is 5. The summed E-state index contributed by atoms with van der Waals surface area (Å²) in [6.07, 6.45) is 1.04. The third-order valence-corrected chi connectivity index (χ3v) is 5.63. The molecule has 0 aromatic heterocycles. The van der Waals surface area contributed by atoms with Crippen molar-refractivity contribution in [3.8, 4) is 5.75 Å². The number of anilines is 1. The van der Waals surface area contributed by atoms with Crippen LogP contribution in [0.5, 0.6) is 5.75 Å². The third-order valence-electron chi connectivity index (χ3n) is 5.63. The van der Waals surface area contributed by atoms with Gasteiger partial charge in [-0.05, 0) is 53.8 Å². The highest BCUT2D eigenvalue weighted by Crippen LogP contribution is 2.31. The fourth-order valence-corrected chi connectivity index (χ4v) is 3.94.